The van der Waals surface area contributed by atoms with E-state index in [9.17, 15) is 18.0 Å². The maximum Gasteiger partial charge on any atom is 0.254 e. The van der Waals surface area contributed by atoms with Crippen LogP contribution in [-0.4, -0.2) is 60.7 Å². The smallest absolute Gasteiger partial charge is 0.254 e. The predicted octanol–water partition coefficient (Wildman–Crippen LogP) is 1.85. The van der Waals surface area contributed by atoms with Crippen LogP contribution in [0.1, 0.15) is 48.5 Å². The van der Waals surface area contributed by atoms with E-state index >= 15 is 0 Å². The van der Waals surface area contributed by atoms with Gasteiger partial charge in [0.15, 0.2) is 9.84 Å². The molecular formula is C19H26N2O4S. The predicted molar refractivity (Wildman–Crippen MR) is 99.5 cm³/mol. The highest BCUT2D eigenvalue weighted by Gasteiger charge is 2.34. The van der Waals surface area contributed by atoms with E-state index in [0.29, 0.717) is 31.5 Å². The molecule has 7 heteroatoms. The van der Waals surface area contributed by atoms with E-state index in [0.717, 1.165) is 24.9 Å². The molecule has 6 nitrogen and oxygen atoms in total. The van der Waals surface area contributed by atoms with Crippen molar-refractivity contribution in [2.75, 3.05) is 24.6 Å². The van der Waals surface area contributed by atoms with Gasteiger partial charge in [0, 0.05) is 37.7 Å². The molecule has 1 aromatic carbocycles. The van der Waals surface area contributed by atoms with E-state index in [2.05, 4.69) is 0 Å². The van der Waals surface area contributed by atoms with Crippen LogP contribution < -0.4 is 0 Å². The van der Waals surface area contributed by atoms with Crippen LogP contribution in [0.15, 0.2) is 24.3 Å². The van der Waals surface area contributed by atoms with E-state index in [1.165, 1.54) is 0 Å². The number of benzene rings is 1. The summed E-state index contributed by atoms with van der Waals surface area (Å²) in [7, 11) is -3.04. The molecule has 1 unspecified atom stereocenters. The van der Waals surface area contributed by atoms with E-state index in [1.807, 2.05) is 30.0 Å². The third-order valence-electron chi connectivity index (χ3n) is 5.09. The van der Waals surface area contributed by atoms with Crippen LogP contribution in [0.4, 0.5) is 0 Å². The number of carbonyl (C=O) groups is 2. The summed E-state index contributed by atoms with van der Waals surface area (Å²) < 4.78 is 23.6. The Labute approximate surface area is 155 Å². The van der Waals surface area contributed by atoms with Crippen molar-refractivity contribution >= 4 is 21.7 Å². The van der Waals surface area contributed by atoms with Crippen molar-refractivity contribution < 1.29 is 18.0 Å². The first-order valence-electron chi connectivity index (χ1n) is 9.28. The van der Waals surface area contributed by atoms with Gasteiger partial charge in [0.25, 0.3) is 5.91 Å². The van der Waals surface area contributed by atoms with Crippen molar-refractivity contribution in [1.29, 1.82) is 0 Å². The third kappa shape index (κ3) is 4.26. The number of rotatable bonds is 6. The van der Waals surface area contributed by atoms with Gasteiger partial charge in [-0.25, -0.2) is 8.42 Å². The van der Waals surface area contributed by atoms with Crippen molar-refractivity contribution in [3.63, 3.8) is 0 Å². The van der Waals surface area contributed by atoms with Gasteiger partial charge in [-0.2, -0.15) is 0 Å². The fourth-order valence-electron chi connectivity index (χ4n) is 3.77. The van der Waals surface area contributed by atoms with Crippen molar-refractivity contribution in [3.05, 3.63) is 35.4 Å². The minimum absolute atomic E-state index is 0.0563. The van der Waals surface area contributed by atoms with Gasteiger partial charge in [-0.15, -0.1) is 0 Å². The van der Waals surface area contributed by atoms with Gasteiger partial charge in [-0.1, -0.05) is 19.1 Å². The Morgan fingerprint density at radius 2 is 2.15 bits per heavy atom. The molecule has 3 rings (SSSR count). The van der Waals surface area contributed by atoms with Crippen LogP contribution in [-0.2, 0) is 21.2 Å². The Kier molecular flexibility index (Phi) is 5.65. The summed E-state index contributed by atoms with van der Waals surface area (Å²) in [6, 6.07) is 7.12. The second kappa shape index (κ2) is 7.78. The SMILES string of the molecule is CCCN(C(=O)c1cccc(CN2CCCC2=O)c1)C1CCS(=O)(=O)C1. The Hall–Kier alpha value is -1.89. The molecule has 2 heterocycles. The molecule has 2 fully saturated rings. The van der Waals surface area contributed by atoms with Crippen molar-refractivity contribution in [2.45, 2.75) is 45.2 Å². The van der Waals surface area contributed by atoms with Crippen LogP contribution in [0.25, 0.3) is 0 Å². The number of carbonyl (C=O) groups excluding carboxylic acids is 2. The Morgan fingerprint density at radius 1 is 1.35 bits per heavy atom. The molecule has 0 bridgehead atoms. The highest BCUT2D eigenvalue weighted by Crippen LogP contribution is 2.21. The van der Waals surface area contributed by atoms with Crippen LogP contribution in [0.2, 0.25) is 0 Å². The number of nitrogens with zero attached hydrogens (tertiary/aromatic N) is 2. The zero-order valence-corrected chi connectivity index (χ0v) is 16.0. The van der Waals surface area contributed by atoms with Crippen molar-refractivity contribution in [1.82, 2.24) is 9.80 Å². The van der Waals surface area contributed by atoms with E-state index in [-0.39, 0.29) is 29.4 Å². The number of amides is 2. The second-order valence-electron chi connectivity index (χ2n) is 7.17. The van der Waals surface area contributed by atoms with E-state index in [1.54, 1.807) is 11.0 Å². The molecule has 0 saturated carbocycles. The van der Waals surface area contributed by atoms with Gasteiger partial charge in [-0.05, 0) is 37.0 Å². The van der Waals surface area contributed by atoms with Gasteiger partial charge in [0.1, 0.15) is 0 Å². The van der Waals surface area contributed by atoms with Crippen molar-refractivity contribution in [2.24, 2.45) is 0 Å². The maximum absolute atomic E-state index is 13.0. The van der Waals surface area contributed by atoms with Gasteiger partial charge in [0.2, 0.25) is 5.91 Å². The molecule has 142 valence electrons. The molecule has 26 heavy (non-hydrogen) atoms. The summed E-state index contributed by atoms with van der Waals surface area (Å²) in [5, 5.41) is 0. The third-order valence-corrected chi connectivity index (χ3v) is 6.84. The lowest BCUT2D eigenvalue weighted by Crippen LogP contribution is -2.41. The summed E-state index contributed by atoms with van der Waals surface area (Å²) >= 11 is 0. The van der Waals surface area contributed by atoms with Crippen molar-refractivity contribution in [3.8, 4) is 0 Å². The maximum atomic E-state index is 13.0. The summed E-state index contributed by atoms with van der Waals surface area (Å²) in [6.07, 6.45) is 2.78. The minimum atomic E-state index is -3.04. The Bertz CT molecular complexity index is 790. The average Bonchev–Trinajstić information content (AvgIpc) is 3.17. The summed E-state index contributed by atoms with van der Waals surface area (Å²) in [6.45, 7) is 3.82. The first-order chi connectivity index (χ1) is 12.4. The molecule has 0 N–H and O–H groups in total. The van der Waals surface area contributed by atoms with Gasteiger partial charge < -0.3 is 9.80 Å². The molecule has 0 aromatic heterocycles. The second-order valence-corrected chi connectivity index (χ2v) is 9.40. The largest absolute Gasteiger partial charge is 0.338 e. The molecular weight excluding hydrogens is 352 g/mol. The fourth-order valence-corrected chi connectivity index (χ4v) is 5.50. The number of likely N-dealkylation sites (tertiary alicyclic amines) is 1. The monoisotopic (exact) mass is 378 g/mol. The summed E-state index contributed by atoms with van der Waals surface area (Å²) in [5.41, 5.74) is 1.49. The van der Waals surface area contributed by atoms with Crippen LogP contribution in [0.3, 0.4) is 0 Å². The quantitative estimate of drug-likeness (QED) is 0.757. The Balaban J connectivity index is 1.76. The zero-order chi connectivity index (χ0) is 18.7. The Morgan fingerprint density at radius 3 is 2.77 bits per heavy atom. The molecule has 0 radical (unpaired) electrons. The molecule has 1 aromatic rings. The molecule has 2 saturated heterocycles. The lowest BCUT2D eigenvalue weighted by Gasteiger charge is -2.28. The lowest BCUT2D eigenvalue weighted by molar-refractivity contribution is -0.128. The number of hydrogen-bond donors (Lipinski definition) is 0. The normalized spacial score (nSPS) is 22.0. The molecule has 0 aliphatic carbocycles. The summed E-state index contributed by atoms with van der Waals surface area (Å²) in [5.74, 6) is 0.247. The minimum Gasteiger partial charge on any atom is -0.338 e. The molecule has 2 aliphatic heterocycles. The van der Waals surface area contributed by atoms with E-state index in [4.69, 9.17) is 0 Å². The van der Waals surface area contributed by atoms with Crippen LogP contribution in [0, 0.1) is 0 Å². The van der Waals surface area contributed by atoms with E-state index < -0.39 is 9.84 Å². The van der Waals surface area contributed by atoms with Gasteiger partial charge in [-0.3, -0.25) is 9.59 Å². The average molecular weight is 378 g/mol. The van der Waals surface area contributed by atoms with Gasteiger partial charge in [0.05, 0.1) is 11.5 Å². The van der Waals surface area contributed by atoms with Crippen LogP contribution in [0.5, 0.6) is 0 Å². The molecule has 2 aliphatic rings. The topological polar surface area (TPSA) is 74.8 Å². The number of sulfone groups is 1. The summed E-state index contributed by atoms with van der Waals surface area (Å²) in [4.78, 5) is 28.4. The van der Waals surface area contributed by atoms with Crippen LogP contribution >= 0.6 is 0 Å². The first kappa shape index (κ1) is 18.9. The molecule has 0 spiro atoms. The highest BCUT2D eigenvalue weighted by molar-refractivity contribution is 7.91. The number of hydrogen-bond acceptors (Lipinski definition) is 4. The molecule has 1 atom stereocenters. The highest BCUT2D eigenvalue weighted by atomic mass is 32.2. The fraction of sp³-hybridized carbons (Fsp3) is 0.579. The zero-order valence-electron chi connectivity index (χ0n) is 15.2. The lowest BCUT2D eigenvalue weighted by atomic mass is 10.1. The first-order valence-corrected chi connectivity index (χ1v) is 11.1. The standard InChI is InChI=1S/C19H26N2O4S/c1-2-9-21(17-8-11-26(24,25)14-17)19(23)16-6-3-5-15(12-16)13-20-10-4-7-18(20)22/h3,5-6,12,17H,2,4,7-11,13-14H2,1H3. The molecule has 2 amide bonds. The van der Waals surface area contributed by atoms with Gasteiger partial charge >= 0.3 is 0 Å².